The molecular weight excluding hydrogens is 443 g/mol. The highest BCUT2D eigenvalue weighted by Gasteiger charge is 2.42. The molecule has 6 heteroatoms. The van der Waals surface area contributed by atoms with Crippen LogP contribution in [0.4, 0.5) is 10.1 Å². The minimum Gasteiger partial charge on any atom is -0.351 e. The van der Waals surface area contributed by atoms with E-state index in [-0.39, 0.29) is 17.9 Å². The molecule has 1 aliphatic heterocycles. The fourth-order valence-electron chi connectivity index (χ4n) is 4.73. The first kappa shape index (κ1) is 20.6. The molecule has 0 bridgehead atoms. The standard InChI is InChI=1S/C28H21FN4S/c29-21-11-14-22(15-12-21)33-27(26(31-28(33)34)24-8-3-4-16-30-24)25-9-5-17-32(25)23-13-10-19-6-1-2-7-20(19)18-23/h1-18,26-27H,(H,31,34). The number of pyridine rings is 1. The number of anilines is 1. The van der Waals surface area contributed by atoms with Gasteiger partial charge in [-0.2, -0.15) is 0 Å². The van der Waals surface area contributed by atoms with Gasteiger partial charge in [-0.15, -0.1) is 0 Å². The maximum absolute atomic E-state index is 13.7. The molecule has 3 heterocycles. The van der Waals surface area contributed by atoms with Crippen molar-refractivity contribution in [2.24, 2.45) is 0 Å². The van der Waals surface area contributed by atoms with Crippen molar-refractivity contribution in [1.29, 1.82) is 0 Å². The van der Waals surface area contributed by atoms with Crippen molar-refractivity contribution in [2.45, 2.75) is 12.1 Å². The summed E-state index contributed by atoms with van der Waals surface area (Å²) in [5, 5.41) is 6.42. The van der Waals surface area contributed by atoms with Crippen molar-refractivity contribution in [3.05, 3.63) is 127 Å². The Morgan fingerprint density at radius 1 is 0.794 bits per heavy atom. The van der Waals surface area contributed by atoms with Crippen LogP contribution in [0.15, 0.2) is 109 Å². The van der Waals surface area contributed by atoms with Crippen LogP contribution >= 0.6 is 12.2 Å². The molecule has 3 aromatic carbocycles. The van der Waals surface area contributed by atoms with E-state index in [0.29, 0.717) is 5.11 Å². The maximum Gasteiger partial charge on any atom is 0.174 e. The Labute approximate surface area is 202 Å². The van der Waals surface area contributed by atoms with Crippen LogP contribution in [0, 0.1) is 5.82 Å². The Hall–Kier alpha value is -4.03. The summed E-state index contributed by atoms with van der Waals surface area (Å²) in [6, 6.07) is 30.9. The van der Waals surface area contributed by atoms with Crippen LogP contribution < -0.4 is 10.2 Å². The Morgan fingerprint density at radius 3 is 2.35 bits per heavy atom. The first-order chi connectivity index (χ1) is 16.7. The summed E-state index contributed by atoms with van der Waals surface area (Å²) in [6.07, 6.45) is 3.86. The van der Waals surface area contributed by atoms with Crippen molar-refractivity contribution in [2.75, 3.05) is 4.90 Å². The predicted molar refractivity (Wildman–Crippen MR) is 138 cm³/mol. The summed E-state index contributed by atoms with van der Waals surface area (Å²) in [6.45, 7) is 0. The molecule has 0 radical (unpaired) electrons. The topological polar surface area (TPSA) is 33.1 Å². The molecular formula is C28H21FN4S. The molecule has 2 atom stereocenters. The van der Waals surface area contributed by atoms with E-state index in [1.54, 1.807) is 18.3 Å². The Bertz CT molecular complexity index is 1480. The predicted octanol–water partition coefficient (Wildman–Crippen LogP) is 6.34. The summed E-state index contributed by atoms with van der Waals surface area (Å²) in [5.41, 5.74) is 3.84. The summed E-state index contributed by atoms with van der Waals surface area (Å²) >= 11 is 5.79. The largest absolute Gasteiger partial charge is 0.351 e. The first-order valence-electron chi connectivity index (χ1n) is 11.1. The van der Waals surface area contributed by atoms with Gasteiger partial charge < -0.3 is 14.8 Å². The van der Waals surface area contributed by atoms with Crippen LogP contribution in [0.1, 0.15) is 23.5 Å². The second kappa shape index (κ2) is 8.39. The fraction of sp³-hybridized carbons (Fsp3) is 0.0714. The minimum atomic E-state index is -0.279. The number of nitrogens with one attached hydrogen (secondary N) is 1. The van der Waals surface area contributed by atoms with Crippen LogP contribution in [-0.2, 0) is 0 Å². The molecule has 4 nitrogen and oxygen atoms in total. The second-order valence-corrected chi connectivity index (χ2v) is 8.69. The summed E-state index contributed by atoms with van der Waals surface area (Å²) < 4.78 is 15.9. The minimum absolute atomic E-state index is 0.173. The molecule has 1 fully saturated rings. The summed E-state index contributed by atoms with van der Waals surface area (Å²) in [5.74, 6) is -0.279. The SMILES string of the molecule is Fc1ccc(N2C(=S)NC(c3ccccn3)C2c2cccn2-c2ccc3ccccc3c2)cc1. The van der Waals surface area contributed by atoms with Crippen molar-refractivity contribution in [1.82, 2.24) is 14.9 Å². The number of halogens is 1. The van der Waals surface area contributed by atoms with Crippen LogP contribution in [0.3, 0.4) is 0 Å². The third-order valence-electron chi connectivity index (χ3n) is 6.30. The third-order valence-corrected chi connectivity index (χ3v) is 6.61. The lowest BCUT2D eigenvalue weighted by atomic mass is 10.0. The van der Waals surface area contributed by atoms with Gasteiger partial charge in [0.25, 0.3) is 0 Å². The van der Waals surface area contributed by atoms with Crippen LogP contribution in [0.2, 0.25) is 0 Å². The van der Waals surface area contributed by atoms with Gasteiger partial charge in [0, 0.05) is 29.5 Å². The van der Waals surface area contributed by atoms with Crippen molar-refractivity contribution < 1.29 is 4.39 Å². The average Bonchev–Trinajstić information content (AvgIpc) is 3.49. The molecule has 0 saturated carbocycles. The number of hydrogen-bond acceptors (Lipinski definition) is 2. The number of thiocarbonyl (C=S) groups is 1. The molecule has 2 aromatic heterocycles. The maximum atomic E-state index is 13.7. The van der Waals surface area contributed by atoms with Gasteiger partial charge in [-0.1, -0.05) is 36.4 Å². The Kier molecular flexibility index (Phi) is 5.08. The monoisotopic (exact) mass is 464 g/mol. The van der Waals surface area contributed by atoms with Gasteiger partial charge in [-0.3, -0.25) is 4.98 Å². The van der Waals surface area contributed by atoms with Gasteiger partial charge in [0.15, 0.2) is 5.11 Å². The lowest BCUT2D eigenvalue weighted by Gasteiger charge is -2.29. The molecule has 34 heavy (non-hydrogen) atoms. The fourth-order valence-corrected chi connectivity index (χ4v) is 5.08. The molecule has 5 aromatic rings. The Balaban J connectivity index is 1.51. The van der Waals surface area contributed by atoms with E-state index in [1.165, 1.54) is 22.9 Å². The summed E-state index contributed by atoms with van der Waals surface area (Å²) in [4.78, 5) is 6.68. The molecule has 2 unspecified atom stereocenters. The van der Waals surface area contributed by atoms with E-state index in [1.807, 2.05) is 30.3 Å². The first-order valence-corrected chi connectivity index (χ1v) is 11.5. The highest BCUT2D eigenvalue weighted by atomic mass is 32.1. The normalized spacial score (nSPS) is 17.8. The van der Waals surface area contributed by atoms with Gasteiger partial charge in [0.2, 0.25) is 0 Å². The molecule has 0 spiro atoms. The Morgan fingerprint density at radius 2 is 1.56 bits per heavy atom. The van der Waals surface area contributed by atoms with Gasteiger partial charge in [-0.05, 0) is 83.7 Å². The highest BCUT2D eigenvalue weighted by Crippen LogP contribution is 2.42. The zero-order valence-corrected chi connectivity index (χ0v) is 19.0. The number of nitrogens with zero attached hydrogens (tertiary/aromatic N) is 3. The number of rotatable bonds is 4. The van der Waals surface area contributed by atoms with Crippen molar-refractivity contribution >= 4 is 33.8 Å². The molecule has 166 valence electrons. The lowest BCUT2D eigenvalue weighted by Crippen LogP contribution is -2.30. The zero-order valence-electron chi connectivity index (χ0n) is 18.2. The second-order valence-electron chi connectivity index (χ2n) is 8.31. The van der Waals surface area contributed by atoms with E-state index >= 15 is 0 Å². The molecule has 1 aliphatic rings. The van der Waals surface area contributed by atoms with Crippen LogP contribution in [0.5, 0.6) is 0 Å². The van der Waals surface area contributed by atoms with Gasteiger partial charge >= 0.3 is 0 Å². The van der Waals surface area contributed by atoms with E-state index in [0.717, 1.165) is 22.8 Å². The average molecular weight is 465 g/mol. The molecule has 1 N–H and O–H groups in total. The number of hydrogen-bond donors (Lipinski definition) is 1. The molecule has 6 rings (SSSR count). The van der Waals surface area contributed by atoms with Gasteiger partial charge in [0.05, 0.1) is 11.7 Å². The van der Waals surface area contributed by atoms with E-state index in [2.05, 4.69) is 68.4 Å². The summed E-state index contributed by atoms with van der Waals surface area (Å²) in [7, 11) is 0. The number of benzene rings is 3. The molecule has 1 saturated heterocycles. The zero-order chi connectivity index (χ0) is 23.1. The van der Waals surface area contributed by atoms with Gasteiger partial charge in [0.1, 0.15) is 11.9 Å². The van der Waals surface area contributed by atoms with E-state index < -0.39 is 0 Å². The quantitative estimate of drug-likeness (QED) is 0.315. The van der Waals surface area contributed by atoms with Crippen molar-refractivity contribution in [3.8, 4) is 5.69 Å². The van der Waals surface area contributed by atoms with Crippen LogP contribution in [0.25, 0.3) is 16.5 Å². The van der Waals surface area contributed by atoms with Crippen molar-refractivity contribution in [3.63, 3.8) is 0 Å². The smallest absolute Gasteiger partial charge is 0.174 e. The molecule has 0 amide bonds. The van der Waals surface area contributed by atoms with E-state index in [4.69, 9.17) is 12.2 Å². The highest BCUT2D eigenvalue weighted by molar-refractivity contribution is 7.80. The number of aromatic nitrogens is 2. The third kappa shape index (κ3) is 3.53. The van der Waals surface area contributed by atoms with E-state index in [9.17, 15) is 4.39 Å². The number of fused-ring (bicyclic) bond motifs is 1. The van der Waals surface area contributed by atoms with Gasteiger partial charge in [-0.25, -0.2) is 4.39 Å². The lowest BCUT2D eigenvalue weighted by molar-refractivity contribution is 0.549. The van der Waals surface area contributed by atoms with Crippen LogP contribution in [-0.4, -0.2) is 14.7 Å². The molecule has 0 aliphatic carbocycles.